The molecule has 0 fully saturated rings. The molecule has 0 radical (unpaired) electrons. The summed E-state index contributed by atoms with van der Waals surface area (Å²) in [7, 11) is 0. The van der Waals surface area contributed by atoms with Crippen LogP contribution in [0.5, 0.6) is 0 Å². The van der Waals surface area contributed by atoms with Crippen molar-refractivity contribution in [3.05, 3.63) is 35.9 Å². The van der Waals surface area contributed by atoms with Crippen molar-refractivity contribution in [2.75, 3.05) is 0 Å². The summed E-state index contributed by atoms with van der Waals surface area (Å²) in [4.78, 5) is 0. The second kappa shape index (κ2) is 3.13. The Morgan fingerprint density at radius 2 is 1.38 bits per heavy atom. The van der Waals surface area contributed by atoms with E-state index in [9.17, 15) is 10.2 Å². The highest BCUT2D eigenvalue weighted by atomic mass is 16.4. The molecule has 0 amide bonds. The van der Waals surface area contributed by atoms with E-state index in [-0.39, 0.29) is 0 Å². The molecule has 13 heavy (non-hydrogen) atoms. The van der Waals surface area contributed by atoms with Crippen LogP contribution in [0.2, 0.25) is 0 Å². The van der Waals surface area contributed by atoms with Gasteiger partial charge in [0.15, 0.2) is 0 Å². The Labute approximate surface area is 78.8 Å². The summed E-state index contributed by atoms with van der Waals surface area (Å²) >= 11 is 0. The molecule has 1 aromatic rings. The predicted molar refractivity (Wildman–Crippen MR) is 52.3 cm³/mol. The molecule has 0 aliphatic heterocycles. The van der Waals surface area contributed by atoms with E-state index in [1.54, 1.807) is 32.9 Å². The molecule has 0 saturated heterocycles. The van der Waals surface area contributed by atoms with Crippen LogP contribution in [-0.2, 0) is 5.60 Å². The van der Waals surface area contributed by atoms with Gasteiger partial charge in [0.05, 0.1) is 5.60 Å². The van der Waals surface area contributed by atoms with Gasteiger partial charge in [-0.25, -0.2) is 0 Å². The molecule has 2 N–H and O–H groups in total. The molecule has 0 spiro atoms. The van der Waals surface area contributed by atoms with Gasteiger partial charge in [-0.1, -0.05) is 30.3 Å². The van der Waals surface area contributed by atoms with Crippen molar-refractivity contribution >= 4 is 0 Å². The molecule has 0 bridgehead atoms. The summed E-state index contributed by atoms with van der Waals surface area (Å²) in [6.07, 6.45) is 0. The second-order valence-electron chi connectivity index (χ2n) is 4.00. The van der Waals surface area contributed by atoms with Gasteiger partial charge in [0.2, 0.25) is 0 Å². The third-order valence-electron chi connectivity index (χ3n) is 2.53. The maximum absolute atomic E-state index is 10.1. The van der Waals surface area contributed by atoms with Crippen molar-refractivity contribution in [3.63, 3.8) is 0 Å². The summed E-state index contributed by atoms with van der Waals surface area (Å²) < 4.78 is 0. The van der Waals surface area contributed by atoms with Gasteiger partial charge in [-0.3, -0.25) is 0 Å². The van der Waals surface area contributed by atoms with Crippen molar-refractivity contribution in [2.45, 2.75) is 32.0 Å². The average Bonchev–Trinajstić information content (AvgIpc) is 2.04. The first-order valence-electron chi connectivity index (χ1n) is 4.36. The van der Waals surface area contributed by atoms with E-state index in [0.29, 0.717) is 0 Å². The first-order chi connectivity index (χ1) is 5.86. The van der Waals surface area contributed by atoms with E-state index in [1.807, 2.05) is 18.2 Å². The molecule has 0 unspecified atom stereocenters. The first kappa shape index (κ1) is 10.2. The minimum absolute atomic E-state index is 0.725. The zero-order chi connectivity index (χ0) is 10.1. The van der Waals surface area contributed by atoms with Crippen LogP contribution in [0.3, 0.4) is 0 Å². The van der Waals surface area contributed by atoms with E-state index in [4.69, 9.17) is 0 Å². The molecular formula is C11H16O2. The standard InChI is InChI=1S/C11H16O2/c1-10(2,12)11(3,13)9-7-5-4-6-8-9/h4-8,12-13H,1-3H3/t11-/m0/s1. The molecule has 0 aromatic heterocycles. The van der Waals surface area contributed by atoms with E-state index in [0.717, 1.165) is 5.56 Å². The highest BCUT2D eigenvalue weighted by molar-refractivity contribution is 5.24. The van der Waals surface area contributed by atoms with Crippen molar-refractivity contribution in [1.82, 2.24) is 0 Å². The van der Waals surface area contributed by atoms with Gasteiger partial charge in [-0.15, -0.1) is 0 Å². The van der Waals surface area contributed by atoms with E-state index >= 15 is 0 Å². The Hall–Kier alpha value is -0.860. The molecule has 0 saturated carbocycles. The van der Waals surface area contributed by atoms with E-state index in [2.05, 4.69) is 0 Å². The largest absolute Gasteiger partial charge is 0.387 e. The lowest BCUT2D eigenvalue weighted by molar-refractivity contribution is -0.125. The van der Waals surface area contributed by atoms with Crippen LogP contribution < -0.4 is 0 Å². The Morgan fingerprint density at radius 1 is 0.923 bits per heavy atom. The molecule has 1 rings (SSSR count). The van der Waals surface area contributed by atoms with Crippen molar-refractivity contribution < 1.29 is 10.2 Å². The molecule has 0 heterocycles. The summed E-state index contributed by atoms with van der Waals surface area (Å²) in [6, 6.07) is 9.17. The zero-order valence-electron chi connectivity index (χ0n) is 8.28. The van der Waals surface area contributed by atoms with Gasteiger partial charge in [0, 0.05) is 0 Å². The van der Waals surface area contributed by atoms with Crippen LogP contribution in [0.25, 0.3) is 0 Å². The monoisotopic (exact) mass is 180 g/mol. The normalized spacial score (nSPS) is 16.7. The van der Waals surface area contributed by atoms with Gasteiger partial charge < -0.3 is 10.2 Å². The second-order valence-corrected chi connectivity index (χ2v) is 4.00. The average molecular weight is 180 g/mol. The fraction of sp³-hybridized carbons (Fsp3) is 0.455. The number of hydrogen-bond acceptors (Lipinski definition) is 2. The molecule has 2 heteroatoms. The first-order valence-corrected chi connectivity index (χ1v) is 4.36. The Balaban J connectivity index is 3.08. The van der Waals surface area contributed by atoms with E-state index in [1.165, 1.54) is 0 Å². The zero-order valence-corrected chi connectivity index (χ0v) is 8.28. The van der Waals surface area contributed by atoms with Gasteiger partial charge in [0.25, 0.3) is 0 Å². The predicted octanol–water partition coefficient (Wildman–Crippen LogP) is 1.66. The minimum Gasteiger partial charge on any atom is -0.387 e. The molecule has 1 atom stereocenters. The number of benzene rings is 1. The molecule has 0 aliphatic rings. The lowest BCUT2D eigenvalue weighted by Gasteiger charge is -2.35. The maximum atomic E-state index is 10.1. The van der Waals surface area contributed by atoms with E-state index < -0.39 is 11.2 Å². The van der Waals surface area contributed by atoms with Crippen molar-refractivity contribution in [3.8, 4) is 0 Å². The van der Waals surface area contributed by atoms with Crippen LogP contribution in [0.4, 0.5) is 0 Å². The summed E-state index contributed by atoms with van der Waals surface area (Å²) in [6.45, 7) is 4.81. The summed E-state index contributed by atoms with van der Waals surface area (Å²) in [5.41, 5.74) is -1.63. The van der Waals surface area contributed by atoms with Gasteiger partial charge in [-0.2, -0.15) is 0 Å². The van der Waals surface area contributed by atoms with Crippen LogP contribution in [-0.4, -0.2) is 15.8 Å². The number of hydrogen-bond donors (Lipinski definition) is 2. The fourth-order valence-electron chi connectivity index (χ4n) is 1.12. The molecule has 1 aromatic carbocycles. The molecule has 2 nitrogen and oxygen atoms in total. The minimum atomic E-state index is -1.21. The third-order valence-corrected chi connectivity index (χ3v) is 2.53. The van der Waals surface area contributed by atoms with Gasteiger partial charge >= 0.3 is 0 Å². The highest BCUT2D eigenvalue weighted by Gasteiger charge is 2.38. The maximum Gasteiger partial charge on any atom is 0.115 e. The summed E-state index contributed by atoms with van der Waals surface area (Å²) in [5.74, 6) is 0. The Morgan fingerprint density at radius 3 is 1.77 bits per heavy atom. The van der Waals surface area contributed by atoms with Gasteiger partial charge in [-0.05, 0) is 26.3 Å². The number of rotatable bonds is 2. The van der Waals surface area contributed by atoms with Crippen molar-refractivity contribution in [1.29, 1.82) is 0 Å². The molecule has 72 valence electrons. The quantitative estimate of drug-likeness (QED) is 0.726. The van der Waals surface area contributed by atoms with Crippen molar-refractivity contribution in [2.24, 2.45) is 0 Å². The van der Waals surface area contributed by atoms with Crippen LogP contribution >= 0.6 is 0 Å². The molecule has 0 aliphatic carbocycles. The SMILES string of the molecule is CC(C)(O)[C@@](C)(O)c1ccccc1. The fourth-order valence-corrected chi connectivity index (χ4v) is 1.12. The number of aliphatic hydroxyl groups is 2. The lowest BCUT2D eigenvalue weighted by atomic mass is 9.82. The van der Waals surface area contributed by atoms with Crippen LogP contribution in [0.1, 0.15) is 26.3 Å². The highest BCUT2D eigenvalue weighted by Crippen LogP contribution is 2.31. The van der Waals surface area contributed by atoms with Gasteiger partial charge in [0.1, 0.15) is 5.60 Å². The van der Waals surface area contributed by atoms with Crippen LogP contribution in [0.15, 0.2) is 30.3 Å². The molecular weight excluding hydrogens is 164 g/mol. The Kier molecular flexibility index (Phi) is 2.46. The topological polar surface area (TPSA) is 40.5 Å². The lowest BCUT2D eigenvalue weighted by Crippen LogP contribution is -2.44. The van der Waals surface area contributed by atoms with Crippen LogP contribution in [0, 0.1) is 0 Å². The summed E-state index contributed by atoms with van der Waals surface area (Å²) in [5, 5.41) is 19.8. The third kappa shape index (κ3) is 1.90. The Bertz CT molecular complexity index is 270. The smallest absolute Gasteiger partial charge is 0.115 e.